The lowest BCUT2D eigenvalue weighted by Crippen LogP contribution is -2.48. The van der Waals surface area contributed by atoms with E-state index in [2.05, 4.69) is 84.9 Å². The van der Waals surface area contributed by atoms with Crippen LogP contribution in [0, 0.1) is 40.4 Å². The van der Waals surface area contributed by atoms with Gasteiger partial charge in [0.2, 0.25) is 0 Å². The van der Waals surface area contributed by atoms with Crippen molar-refractivity contribution in [2.75, 3.05) is 0 Å². The molecule has 0 radical (unpaired) electrons. The van der Waals surface area contributed by atoms with Gasteiger partial charge in [0.25, 0.3) is 0 Å². The fourth-order valence-electron chi connectivity index (χ4n) is 10.2. The first-order chi connectivity index (χ1) is 27.5. The third-order valence-electron chi connectivity index (χ3n) is 12.6. The molecule has 6 aromatic carbocycles. The van der Waals surface area contributed by atoms with E-state index in [1.54, 1.807) is 5.56 Å². The van der Waals surface area contributed by atoms with E-state index < -0.39 is 0 Å². The zero-order valence-electron chi connectivity index (χ0n) is 31.1. The van der Waals surface area contributed by atoms with Crippen LogP contribution in [0.3, 0.4) is 0 Å². The maximum absolute atomic E-state index is 9.22. The molecule has 0 N–H and O–H groups in total. The van der Waals surface area contributed by atoms with Crippen LogP contribution in [0.1, 0.15) is 55.2 Å². The number of rotatable bonds is 7. The lowest BCUT2D eigenvalue weighted by molar-refractivity contribution is -0.00518. The fourth-order valence-corrected chi connectivity index (χ4v) is 10.2. The van der Waals surface area contributed by atoms with Gasteiger partial charge in [0.1, 0.15) is 0 Å². The van der Waals surface area contributed by atoms with Crippen LogP contribution in [0.4, 0.5) is 0 Å². The van der Waals surface area contributed by atoms with Gasteiger partial charge in [-0.05, 0) is 125 Å². The summed E-state index contributed by atoms with van der Waals surface area (Å²) >= 11 is 0. The highest BCUT2D eigenvalue weighted by atomic mass is 15.0. The second-order valence-electron chi connectivity index (χ2n) is 16.2. The lowest BCUT2D eigenvalue weighted by Gasteiger charge is -2.57. The van der Waals surface area contributed by atoms with E-state index in [9.17, 15) is 10.5 Å². The van der Waals surface area contributed by atoms with E-state index in [1.807, 2.05) is 72.8 Å². The van der Waals surface area contributed by atoms with E-state index in [4.69, 9.17) is 15.0 Å². The van der Waals surface area contributed by atoms with Crippen molar-refractivity contribution < 1.29 is 0 Å². The van der Waals surface area contributed by atoms with Crippen molar-refractivity contribution in [3.63, 3.8) is 0 Å². The van der Waals surface area contributed by atoms with Crippen LogP contribution in [-0.2, 0) is 5.41 Å². The Labute approximate surface area is 328 Å². The molecule has 0 spiro atoms. The molecular formula is C51H39N5. The third-order valence-corrected chi connectivity index (χ3v) is 12.6. The molecule has 0 amide bonds. The quantitative estimate of drug-likeness (QED) is 0.164. The van der Waals surface area contributed by atoms with Gasteiger partial charge < -0.3 is 0 Å². The van der Waals surface area contributed by atoms with Crippen molar-refractivity contribution >= 4 is 0 Å². The maximum Gasteiger partial charge on any atom is 0.164 e. The number of nitriles is 2. The SMILES string of the molecule is N#Cc1ccc(-c2ccc(-c3nc(-c4ccc(-c5ccc(C#N)cc5)cc4)nc(-c4ccc(-c5ccc(C67C[C@H]8C[C@@H](C6)C[C@@H](C7)C8)cc5)cc4)n3)cc2)cc1. The van der Waals surface area contributed by atoms with E-state index in [0.717, 1.165) is 56.7 Å². The van der Waals surface area contributed by atoms with Gasteiger partial charge in [-0.2, -0.15) is 10.5 Å². The van der Waals surface area contributed by atoms with Gasteiger partial charge in [-0.15, -0.1) is 0 Å². The minimum atomic E-state index is 0.402. The molecule has 5 nitrogen and oxygen atoms in total. The Morgan fingerprint density at radius 3 is 0.893 bits per heavy atom. The summed E-state index contributed by atoms with van der Waals surface area (Å²) in [5.74, 6) is 4.61. The van der Waals surface area contributed by atoms with Crippen molar-refractivity contribution in [2.45, 2.75) is 43.9 Å². The molecule has 0 unspecified atom stereocenters. The Kier molecular flexibility index (Phi) is 8.38. The largest absolute Gasteiger partial charge is 0.208 e. The highest BCUT2D eigenvalue weighted by Gasteiger charge is 2.51. The van der Waals surface area contributed by atoms with Gasteiger partial charge in [0.15, 0.2) is 17.5 Å². The molecule has 4 fully saturated rings. The summed E-state index contributed by atoms with van der Waals surface area (Å²) in [6, 6.07) is 54.1. The molecule has 11 rings (SSSR count). The van der Waals surface area contributed by atoms with E-state index in [0.29, 0.717) is 34.0 Å². The molecule has 7 aromatic rings. The van der Waals surface area contributed by atoms with Gasteiger partial charge in [-0.25, -0.2) is 15.0 Å². The lowest BCUT2D eigenvalue weighted by atomic mass is 9.48. The second kappa shape index (κ2) is 13.9. The minimum Gasteiger partial charge on any atom is -0.208 e. The van der Waals surface area contributed by atoms with Crippen molar-refractivity contribution in [3.05, 3.63) is 162 Å². The Bertz CT molecular complexity index is 2470. The van der Waals surface area contributed by atoms with Crippen LogP contribution in [-0.4, -0.2) is 15.0 Å². The summed E-state index contributed by atoms with van der Waals surface area (Å²) in [6.07, 6.45) is 8.53. The minimum absolute atomic E-state index is 0.402. The van der Waals surface area contributed by atoms with E-state index in [1.165, 1.54) is 49.7 Å². The molecule has 0 saturated heterocycles. The summed E-state index contributed by atoms with van der Waals surface area (Å²) in [4.78, 5) is 15.0. The van der Waals surface area contributed by atoms with Crippen molar-refractivity contribution in [3.8, 4) is 79.7 Å². The first-order valence-electron chi connectivity index (χ1n) is 19.7. The molecule has 4 bridgehead atoms. The highest BCUT2D eigenvalue weighted by molar-refractivity contribution is 5.74. The molecule has 56 heavy (non-hydrogen) atoms. The van der Waals surface area contributed by atoms with Crippen LogP contribution in [0.5, 0.6) is 0 Å². The van der Waals surface area contributed by atoms with E-state index >= 15 is 0 Å². The summed E-state index contributed by atoms with van der Waals surface area (Å²) in [6.45, 7) is 0. The number of aromatic nitrogens is 3. The molecular weight excluding hydrogens is 683 g/mol. The smallest absolute Gasteiger partial charge is 0.164 e. The average molecular weight is 722 g/mol. The van der Waals surface area contributed by atoms with Crippen LogP contribution < -0.4 is 0 Å². The summed E-state index contributed by atoms with van der Waals surface area (Å²) in [5.41, 5.74) is 12.5. The van der Waals surface area contributed by atoms with Crippen LogP contribution in [0.2, 0.25) is 0 Å². The summed E-state index contributed by atoms with van der Waals surface area (Å²) in [5, 5.41) is 18.4. The number of hydrogen-bond acceptors (Lipinski definition) is 5. The van der Waals surface area contributed by atoms with Gasteiger partial charge in [0, 0.05) is 16.7 Å². The average Bonchev–Trinajstić information content (AvgIpc) is 3.26. The first-order valence-corrected chi connectivity index (χ1v) is 19.7. The Morgan fingerprint density at radius 1 is 0.357 bits per heavy atom. The number of nitrogens with zero attached hydrogens (tertiary/aromatic N) is 5. The molecule has 1 aromatic heterocycles. The zero-order valence-corrected chi connectivity index (χ0v) is 31.1. The zero-order chi connectivity index (χ0) is 37.6. The molecule has 0 aliphatic heterocycles. The van der Waals surface area contributed by atoms with Crippen LogP contribution >= 0.6 is 0 Å². The highest BCUT2D eigenvalue weighted by Crippen LogP contribution is 2.60. The fraction of sp³-hybridized carbons (Fsp3) is 0.196. The van der Waals surface area contributed by atoms with Crippen LogP contribution in [0.25, 0.3) is 67.5 Å². The molecule has 268 valence electrons. The Hall–Kier alpha value is -6.69. The van der Waals surface area contributed by atoms with Gasteiger partial charge >= 0.3 is 0 Å². The van der Waals surface area contributed by atoms with Gasteiger partial charge in [-0.1, -0.05) is 121 Å². The third kappa shape index (κ3) is 6.36. The number of hydrogen-bond donors (Lipinski definition) is 0. The maximum atomic E-state index is 9.22. The van der Waals surface area contributed by atoms with Crippen LogP contribution in [0.15, 0.2) is 146 Å². The van der Waals surface area contributed by atoms with Crippen molar-refractivity contribution in [1.82, 2.24) is 15.0 Å². The molecule has 4 aliphatic carbocycles. The van der Waals surface area contributed by atoms with Crippen molar-refractivity contribution in [1.29, 1.82) is 10.5 Å². The predicted octanol–water partition coefficient (Wildman–Crippen LogP) is 12.1. The molecule has 1 heterocycles. The monoisotopic (exact) mass is 721 g/mol. The van der Waals surface area contributed by atoms with Crippen molar-refractivity contribution in [2.24, 2.45) is 17.8 Å². The normalized spacial score (nSPS) is 20.6. The Balaban J connectivity index is 0.962. The summed E-state index contributed by atoms with van der Waals surface area (Å²) < 4.78 is 0. The molecule has 4 saturated carbocycles. The summed E-state index contributed by atoms with van der Waals surface area (Å²) in [7, 11) is 0. The second-order valence-corrected chi connectivity index (χ2v) is 16.2. The van der Waals surface area contributed by atoms with Gasteiger partial charge in [-0.3, -0.25) is 0 Å². The van der Waals surface area contributed by atoms with E-state index in [-0.39, 0.29) is 0 Å². The standard InChI is InChI=1S/C51H39N5/c52-31-33-1-5-38(6-2-33)40-9-15-44(16-10-40)48-54-49(45-17-11-41(12-18-45)39-7-3-34(32-53)4-8-39)56-50(55-48)46-19-13-42(14-20-46)43-21-23-47(24-22-43)51-28-35-25-36(29-51)27-37(26-35)30-51/h1-24,35-37H,25-30H2/t35-,36+,37-,51?. The Morgan fingerprint density at radius 2 is 0.607 bits per heavy atom. The predicted molar refractivity (Wildman–Crippen MR) is 222 cm³/mol. The first kappa shape index (κ1) is 33.8. The molecule has 5 heteroatoms. The topological polar surface area (TPSA) is 86.2 Å². The van der Waals surface area contributed by atoms with Gasteiger partial charge in [0.05, 0.1) is 23.3 Å². The number of benzene rings is 6. The molecule has 0 atom stereocenters. The molecule has 4 aliphatic rings.